The fourth-order valence-electron chi connectivity index (χ4n) is 3.54. The maximum atomic E-state index is 12.2. The molecule has 4 nitrogen and oxygen atoms in total. The van der Waals surface area contributed by atoms with Gasteiger partial charge in [-0.3, -0.25) is 9.59 Å². The molecule has 19 heavy (non-hydrogen) atoms. The molecule has 2 rings (SSSR count). The molecule has 2 saturated carbocycles. The lowest BCUT2D eigenvalue weighted by Gasteiger charge is -2.53. The number of aliphatic hydroxyl groups excluding tert-OH is 2. The Bertz CT molecular complexity index is 437. The smallest absolute Gasteiger partial charge is 0.166 e. The number of rotatable bonds is 0. The molecule has 5 atom stereocenters. The van der Waals surface area contributed by atoms with Crippen LogP contribution in [0, 0.1) is 23.2 Å². The molecular weight excluding hydrogens is 244 g/mol. The molecule has 0 aromatic carbocycles. The van der Waals surface area contributed by atoms with Crippen LogP contribution < -0.4 is 0 Å². The SMILES string of the molecule is C=C1C(=O)CC(O)C(C)C(=O)C(O)C2C1CC2(C)C. The molecule has 2 N–H and O–H groups in total. The summed E-state index contributed by atoms with van der Waals surface area (Å²) in [5.41, 5.74) is 0.266. The summed E-state index contributed by atoms with van der Waals surface area (Å²) in [7, 11) is 0. The average molecular weight is 266 g/mol. The van der Waals surface area contributed by atoms with E-state index in [0.29, 0.717) is 5.57 Å². The van der Waals surface area contributed by atoms with E-state index in [9.17, 15) is 19.8 Å². The zero-order valence-electron chi connectivity index (χ0n) is 11.7. The lowest BCUT2D eigenvalue weighted by molar-refractivity contribution is -0.149. The summed E-state index contributed by atoms with van der Waals surface area (Å²) in [6.45, 7) is 9.37. The third kappa shape index (κ3) is 2.17. The molecule has 0 amide bonds. The predicted octanol–water partition coefficient (Wildman–Crippen LogP) is 1.10. The van der Waals surface area contributed by atoms with Gasteiger partial charge in [0.15, 0.2) is 11.6 Å². The van der Waals surface area contributed by atoms with Gasteiger partial charge in [0.2, 0.25) is 0 Å². The summed E-state index contributed by atoms with van der Waals surface area (Å²) in [5.74, 6) is -1.69. The molecule has 106 valence electrons. The summed E-state index contributed by atoms with van der Waals surface area (Å²) >= 11 is 0. The molecule has 2 aliphatic rings. The second kappa shape index (κ2) is 4.53. The molecule has 0 aromatic rings. The predicted molar refractivity (Wildman–Crippen MR) is 70.3 cm³/mol. The molecule has 2 aliphatic carbocycles. The van der Waals surface area contributed by atoms with E-state index >= 15 is 0 Å². The fraction of sp³-hybridized carbons (Fsp3) is 0.733. The standard InChI is InChI=1S/C15H22O4/c1-7-9-6-15(3,4)12(9)14(19)13(18)8(2)11(17)5-10(7)16/h8-9,11-12,14,17,19H,1,5-6H2,2-4H3. The van der Waals surface area contributed by atoms with Crippen LogP contribution in [0.2, 0.25) is 0 Å². The number of fused-ring (bicyclic) bond motifs is 1. The van der Waals surface area contributed by atoms with Crippen molar-refractivity contribution in [2.24, 2.45) is 23.2 Å². The van der Waals surface area contributed by atoms with E-state index in [2.05, 4.69) is 6.58 Å². The van der Waals surface area contributed by atoms with Crippen molar-refractivity contribution in [3.05, 3.63) is 12.2 Å². The highest BCUT2D eigenvalue weighted by Gasteiger charge is 2.55. The Kier molecular flexibility index (Phi) is 3.43. The van der Waals surface area contributed by atoms with Gasteiger partial charge in [0.05, 0.1) is 6.10 Å². The van der Waals surface area contributed by atoms with Gasteiger partial charge in [0.25, 0.3) is 0 Å². The molecule has 0 aliphatic heterocycles. The fourth-order valence-corrected chi connectivity index (χ4v) is 3.54. The van der Waals surface area contributed by atoms with Crippen molar-refractivity contribution in [2.45, 2.75) is 45.8 Å². The van der Waals surface area contributed by atoms with Crippen molar-refractivity contribution in [2.75, 3.05) is 0 Å². The van der Waals surface area contributed by atoms with E-state index in [1.54, 1.807) is 6.92 Å². The van der Waals surface area contributed by atoms with Gasteiger partial charge in [-0.15, -0.1) is 0 Å². The Hall–Kier alpha value is -1.00. The summed E-state index contributed by atoms with van der Waals surface area (Å²) in [5, 5.41) is 20.2. The molecular formula is C15H22O4. The molecule has 0 heterocycles. The maximum absolute atomic E-state index is 12.2. The minimum Gasteiger partial charge on any atom is -0.392 e. The van der Waals surface area contributed by atoms with Crippen LogP contribution in [0.3, 0.4) is 0 Å². The van der Waals surface area contributed by atoms with E-state index in [4.69, 9.17) is 0 Å². The van der Waals surface area contributed by atoms with E-state index in [1.165, 1.54) is 0 Å². The second-order valence-electron chi connectivity index (χ2n) is 6.68. The Morgan fingerprint density at radius 3 is 2.37 bits per heavy atom. The number of Topliss-reactive ketones (excluding diaryl/α,β-unsaturated/α-hetero) is 2. The van der Waals surface area contributed by atoms with E-state index in [0.717, 1.165) is 6.42 Å². The third-order valence-electron chi connectivity index (χ3n) is 4.94. The lowest BCUT2D eigenvalue weighted by Crippen LogP contribution is -2.54. The monoisotopic (exact) mass is 266 g/mol. The Morgan fingerprint density at radius 1 is 1.26 bits per heavy atom. The second-order valence-corrected chi connectivity index (χ2v) is 6.68. The third-order valence-corrected chi connectivity index (χ3v) is 4.94. The Morgan fingerprint density at radius 2 is 1.84 bits per heavy atom. The van der Waals surface area contributed by atoms with Crippen molar-refractivity contribution >= 4 is 11.6 Å². The highest BCUT2D eigenvalue weighted by Crippen LogP contribution is 2.56. The number of allylic oxidation sites excluding steroid dienone is 1. The summed E-state index contributed by atoms with van der Waals surface area (Å²) in [6, 6.07) is 0. The van der Waals surface area contributed by atoms with E-state index in [1.807, 2.05) is 13.8 Å². The first-order valence-corrected chi connectivity index (χ1v) is 6.78. The Labute approximate surface area is 113 Å². The summed E-state index contributed by atoms with van der Waals surface area (Å²) in [4.78, 5) is 24.2. The summed E-state index contributed by atoms with van der Waals surface area (Å²) < 4.78 is 0. The van der Waals surface area contributed by atoms with Crippen molar-refractivity contribution < 1.29 is 19.8 Å². The lowest BCUT2D eigenvalue weighted by atomic mass is 9.51. The molecule has 0 bridgehead atoms. The van der Waals surface area contributed by atoms with Crippen LogP contribution in [-0.2, 0) is 9.59 Å². The van der Waals surface area contributed by atoms with E-state index < -0.39 is 18.1 Å². The number of hydrogen-bond acceptors (Lipinski definition) is 4. The molecule has 0 spiro atoms. The minimum absolute atomic E-state index is 0.0812. The first kappa shape index (κ1) is 14.4. The van der Waals surface area contributed by atoms with Crippen LogP contribution in [0.25, 0.3) is 0 Å². The molecule has 4 heteroatoms. The quantitative estimate of drug-likeness (QED) is 0.644. The van der Waals surface area contributed by atoms with Crippen molar-refractivity contribution in [1.82, 2.24) is 0 Å². The van der Waals surface area contributed by atoms with Crippen LogP contribution in [0.1, 0.15) is 33.6 Å². The zero-order valence-corrected chi connectivity index (χ0v) is 11.7. The van der Waals surface area contributed by atoms with Crippen molar-refractivity contribution in [3.8, 4) is 0 Å². The first-order chi connectivity index (χ1) is 8.66. The largest absolute Gasteiger partial charge is 0.392 e. The number of ketones is 2. The molecule has 0 aromatic heterocycles. The van der Waals surface area contributed by atoms with Crippen LogP contribution in [-0.4, -0.2) is 34.0 Å². The highest BCUT2D eigenvalue weighted by atomic mass is 16.3. The maximum Gasteiger partial charge on any atom is 0.166 e. The highest BCUT2D eigenvalue weighted by molar-refractivity contribution is 5.97. The van der Waals surface area contributed by atoms with Gasteiger partial charge < -0.3 is 10.2 Å². The average Bonchev–Trinajstić information content (AvgIpc) is 2.33. The number of hydrogen-bond donors (Lipinski definition) is 2. The number of carbonyl (C=O) groups excluding carboxylic acids is 2. The topological polar surface area (TPSA) is 74.6 Å². The van der Waals surface area contributed by atoms with Gasteiger partial charge in [0.1, 0.15) is 6.10 Å². The minimum atomic E-state index is -1.12. The van der Waals surface area contributed by atoms with Gasteiger partial charge in [-0.05, 0) is 23.3 Å². The molecule has 0 saturated heterocycles. The van der Waals surface area contributed by atoms with Crippen molar-refractivity contribution in [3.63, 3.8) is 0 Å². The van der Waals surface area contributed by atoms with Crippen LogP contribution in [0.5, 0.6) is 0 Å². The zero-order chi connectivity index (χ0) is 14.5. The van der Waals surface area contributed by atoms with Crippen molar-refractivity contribution in [1.29, 1.82) is 0 Å². The summed E-state index contributed by atoms with van der Waals surface area (Å²) in [6.07, 6.45) is -1.49. The molecule has 2 fully saturated rings. The first-order valence-electron chi connectivity index (χ1n) is 6.78. The van der Waals surface area contributed by atoms with Gasteiger partial charge in [-0.25, -0.2) is 0 Å². The number of carbonyl (C=O) groups is 2. The molecule has 5 unspecified atom stereocenters. The van der Waals surface area contributed by atoms with E-state index in [-0.39, 0.29) is 35.2 Å². The molecule has 0 radical (unpaired) electrons. The van der Waals surface area contributed by atoms with Gasteiger partial charge in [0, 0.05) is 18.3 Å². The van der Waals surface area contributed by atoms with Gasteiger partial charge in [-0.1, -0.05) is 27.4 Å². The van der Waals surface area contributed by atoms with Crippen LogP contribution >= 0.6 is 0 Å². The van der Waals surface area contributed by atoms with Gasteiger partial charge >= 0.3 is 0 Å². The van der Waals surface area contributed by atoms with Crippen LogP contribution in [0.15, 0.2) is 12.2 Å². The normalized spacial score (nSPS) is 42.8. The van der Waals surface area contributed by atoms with Gasteiger partial charge in [-0.2, -0.15) is 0 Å². The van der Waals surface area contributed by atoms with Crippen LogP contribution in [0.4, 0.5) is 0 Å². The Balaban J connectivity index is 2.39. The number of aliphatic hydroxyl groups is 2.